The van der Waals surface area contributed by atoms with Gasteiger partial charge in [0, 0.05) is 36.3 Å². The molecule has 1 amide bonds. The van der Waals surface area contributed by atoms with E-state index in [1.54, 1.807) is 24.0 Å². The number of fused-ring (bicyclic) bond motifs is 1. The Labute approximate surface area is 151 Å². The molecule has 3 rings (SSSR count). The SMILES string of the molecule is Cc1cc2nn(C3CCN(C(=O)OC(C)(C)C)CC3)cc2cc1[N+](=O)[O-]. The highest BCUT2D eigenvalue weighted by atomic mass is 16.6. The summed E-state index contributed by atoms with van der Waals surface area (Å²) >= 11 is 0. The number of nitro groups is 1. The predicted molar refractivity (Wildman–Crippen MR) is 97.2 cm³/mol. The number of carbonyl (C=O) groups excluding carboxylic acids is 1. The lowest BCUT2D eigenvalue weighted by atomic mass is 10.1. The van der Waals surface area contributed by atoms with Gasteiger partial charge in [-0.1, -0.05) is 0 Å². The summed E-state index contributed by atoms with van der Waals surface area (Å²) in [5.41, 5.74) is 0.965. The van der Waals surface area contributed by atoms with Gasteiger partial charge in [-0.05, 0) is 46.6 Å². The standard InChI is InChI=1S/C18H24N4O4/c1-12-9-15-13(10-16(12)22(24)25)11-21(19-15)14-5-7-20(8-6-14)17(23)26-18(2,3)4/h9-11,14H,5-8H2,1-4H3. The first-order valence-corrected chi connectivity index (χ1v) is 8.76. The molecule has 0 unspecified atom stereocenters. The zero-order valence-corrected chi connectivity index (χ0v) is 15.6. The van der Waals surface area contributed by atoms with Crippen LogP contribution in [0.1, 0.15) is 45.2 Å². The maximum atomic E-state index is 12.2. The molecule has 0 bridgehead atoms. The fourth-order valence-corrected chi connectivity index (χ4v) is 3.21. The molecule has 0 saturated carbocycles. The number of ether oxygens (including phenoxy) is 1. The van der Waals surface area contributed by atoms with Gasteiger partial charge in [-0.2, -0.15) is 5.10 Å². The number of likely N-dealkylation sites (tertiary alicyclic amines) is 1. The van der Waals surface area contributed by atoms with E-state index in [4.69, 9.17) is 4.74 Å². The average Bonchev–Trinajstić information content (AvgIpc) is 2.95. The summed E-state index contributed by atoms with van der Waals surface area (Å²) in [6.45, 7) is 8.50. The molecule has 0 N–H and O–H groups in total. The van der Waals surface area contributed by atoms with Crippen molar-refractivity contribution in [3.63, 3.8) is 0 Å². The molecule has 1 aromatic heterocycles. The fourth-order valence-electron chi connectivity index (χ4n) is 3.21. The van der Waals surface area contributed by atoms with Gasteiger partial charge in [-0.25, -0.2) is 4.79 Å². The Morgan fingerprint density at radius 3 is 2.54 bits per heavy atom. The smallest absolute Gasteiger partial charge is 0.410 e. The third-order valence-corrected chi connectivity index (χ3v) is 4.53. The van der Waals surface area contributed by atoms with Gasteiger partial charge in [0.1, 0.15) is 5.60 Å². The van der Waals surface area contributed by atoms with Crippen LogP contribution in [0, 0.1) is 17.0 Å². The Balaban J connectivity index is 1.71. The van der Waals surface area contributed by atoms with Crippen molar-refractivity contribution in [3.8, 4) is 0 Å². The average molecular weight is 360 g/mol. The first-order chi connectivity index (χ1) is 12.1. The molecule has 1 aliphatic rings. The van der Waals surface area contributed by atoms with Crippen LogP contribution in [0.2, 0.25) is 0 Å². The van der Waals surface area contributed by atoms with E-state index in [-0.39, 0.29) is 22.7 Å². The number of nitro benzene ring substituents is 1. The molecular formula is C18H24N4O4. The van der Waals surface area contributed by atoms with E-state index in [0.717, 1.165) is 23.7 Å². The van der Waals surface area contributed by atoms with Crippen LogP contribution >= 0.6 is 0 Å². The lowest BCUT2D eigenvalue weighted by molar-refractivity contribution is -0.385. The molecular weight excluding hydrogens is 336 g/mol. The van der Waals surface area contributed by atoms with E-state index in [9.17, 15) is 14.9 Å². The van der Waals surface area contributed by atoms with Crippen LogP contribution in [0.5, 0.6) is 0 Å². The number of aromatic nitrogens is 2. The highest BCUT2D eigenvalue weighted by Crippen LogP contribution is 2.28. The molecule has 0 spiro atoms. The zero-order valence-electron chi connectivity index (χ0n) is 15.6. The number of aryl methyl sites for hydroxylation is 1. The number of amides is 1. The van der Waals surface area contributed by atoms with Crippen LogP contribution in [-0.2, 0) is 4.74 Å². The van der Waals surface area contributed by atoms with Crippen LogP contribution in [0.25, 0.3) is 10.9 Å². The summed E-state index contributed by atoms with van der Waals surface area (Å²) in [5.74, 6) is 0. The molecule has 8 nitrogen and oxygen atoms in total. The van der Waals surface area contributed by atoms with Crippen molar-refractivity contribution in [3.05, 3.63) is 34.0 Å². The normalized spacial score (nSPS) is 16.1. The van der Waals surface area contributed by atoms with Gasteiger partial charge in [0.15, 0.2) is 0 Å². The number of hydrogen-bond acceptors (Lipinski definition) is 5. The molecule has 0 radical (unpaired) electrons. The second-order valence-corrected chi connectivity index (χ2v) is 7.76. The predicted octanol–water partition coefficient (Wildman–Crippen LogP) is 3.82. The van der Waals surface area contributed by atoms with Gasteiger partial charge in [0.2, 0.25) is 0 Å². The molecule has 1 fully saturated rings. The zero-order chi connectivity index (χ0) is 19.1. The van der Waals surface area contributed by atoms with Gasteiger partial charge < -0.3 is 9.64 Å². The number of carbonyl (C=O) groups is 1. The van der Waals surface area contributed by atoms with Crippen molar-refractivity contribution in [2.24, 2.45) is 0 Å². The second-order valence-electron chi connectivity index (χ2n) is 7.76. The molecule has 140 valence electrons. The highest BCUT2D eigenvalue weighted by Gasteiger charge is 2.28. The number of benzene rings is 1. The lowest BCUT2D eigenvalue weighted by Crippen LogP contribution is -2.42. The molecule has 0 aliphatic carbocycles. The molecule has 1 saturated heterocycles. The maximum absolute atomic E-state index is 12.2. The summed E-state index contributed by atoms with van der Waals surface area (Å²) in [6.07, 6.45) is 3.12. The van der Waals surface area contributed by atoms with Crippen molar-refractivity contribution in [2.45, 2.75) is 52.2 Å². The van der Waals surface area contributed by atoms with E-state index in [1.165, 1.54) is 0 Å². The van der Waals surface area contributed by atoms with E-state index >= 15 is 0 Å². The number of piperidine rings is 1. The maximum Gasteiger partial charge on any atom is 0.410 e. The summed E-state index contributed by atoms with van der Waals surface area (Å²) < 4.78 is 7.29. The molecule has 2 heterocycles. The molecule has 1 aliphatic heterocycles. The summed E-state index contributed by atoms with van der Waals surface area (Å²) in [6, 6.07) is 3.49. The number of rotatable bonds is 2. The highest BCUT2D eigenvalue weighted by molar-refractivity contribution is 5.82. The van der Waals surface area contributed by atoms with Crippen LogP contribution in [0.15, 0.2) is 18.3 Å². The fraction of sp³-hybridized carbons (Fsp3) is 0.556. The molecule has 1 aromatic carbocycles. The van der Waals surface area contributed by atoms with Crippen LogP contribution < -0.4 is 0 Å². The van der Waals surface area contributed by atoms with E-state index < -0.39 is 5.60 Å². The van der Waals surface area contributed by atoms with Crippen molar-refractivity contribution in [1.82, 2.24) is 14.7 Å². The number of hydrogen-bond donors (Lipinski definition) is 0. The minimum absolute atomic E-state index is 0.108. The Kier molecular flexibility index (Phi) is 4.60. The first kappa shape index (κ1) is 18.2. The van der Waals surface area contributed by atoms with E-state index in [0.29, 0.717) is 18.7 Å². The Morgan fingerprint density at radius 1 is 1.31 bits per heavy atom. The molecule has 8 heteroatoms. The van der Waals surface area contributed by atoms with Gasteiger partial charge in [0.05, 0.1) is 16.5 Å². The summed E-state index contributed by atoms with van der Waals surface area (Å²) in [4.78, 5) is 24.6. The van der Waals surface area contributed by atoms with Gasteiger partial charge >= 0.3 is 6.09 Å². The van der Waals surface area contributed by atoms with Crippen molar-refractivity contribution in [2.75, 3.05) is 13.1 Å². The van der Waals surface area contributed by atoms with Crippen molar-refractivity contribution >= 4 is 22.7 Å². The van der Waals surface area contributed by atoms with E-state index in [2.05, 4.69) is 5.10 Å². The van der Waals surface area contributed by atoms with Crippen molar-refractivity contribution in [1.29, 1.82) is 0 Å². The van der Waals surface area contributed by atoms with Crippen LogP contribution in [0.4, 0.5) is 10.5 Å². The molecule has 0 atom stereocenters. The monoisotopic (exact) mass is 360 g/mol. The van der Waals surface area contributed by atoms with Gasteiger partial charge in [-0.15, -0.1) is 0 Å². The largest absolute Gasteiger partial charge is 0.444 e. The van der Waals surface area contributed by atoms with E-state index in [1.807, 2.05) is 31.6 Å². The van der Waals surface area contributed by atoms with Gasteiger partial charge in [0.25, 0.3) is 5.69 Å². The summed E-state index contributed by atoms with van der Waals surface area (Å²) in [5, 5.41) is 16.4. The minimum atomic E-state index is -0.500. The lowest BCUT2D eigenvalue weighted by Gasteiger charge is -2.33. The Hall–Kier alpha value is -2.64. The number of nitrogens with zero attached hydrogens (tertiary/aromatic N) is 4. The molecule has 2 aromatic rings. The Bertz CT molecular complexity index is 845. The third-order valence-electron chi connectivity index (χ3n) is 4.53. The minimum Gasteiger partial charge on any atom is -0.444 e. The summed E-state index contributed by atoms with van der Waals surface area (Å²) in [7, 11) is 0. The van der Waals surface area contributed by atoms with Crippen LogP contribution in [-0.4, -0.2) is 44.4 Å². The van der Waals surface area contributed by atoms with Gasteiger partial charge in [-0.3, -0.25) is 14.8 Å². The Morgan fingerprint density at radius 2 is 1.96 bits per heavy atom. The second kappa shape index (κ2) is 6.59. The third kappa shape index (κ3) is 3.79. The first-order valence-electron chi connectivity index (χ1n) is 8.76. The molecule has 26 heavy (non-hydrogen) atoms. The quantitative estimate of drug-likeness (QED) is 0.600. The van der Waals surface area contributed by atoms with Crippen molar-refractivity contribution < 1.29 is 14.5 Å². The topological polar surface area (TPSA) is 90.5 Å². The van der Waals surface area contributed by atoms with Crippen LogP contribution in [0.3, 0.4) is 0 Å².